The highest BCUT2D eigenvalue weighted by Crippen LogP contribution is 2.55. The van der Waals surface area contributed by atoms with Gasteiger partial charge >= 0.3 is 0 Å². The topological polar surface area (TPSA) is 38.3 Å². The second kappa shape index (κ2) is 3.23. The normalized spacial score (nSPS) is 41.0. The lowest BCUT2D eigenvalue weighted by molar-refractivity contribution is -0.127. The van der Waals surface area contributed by atoms with Gasteiger partial charge in [-0.25, -0.2) is 0 Å². The third-order valence-electron chi connectivity index (χ3n) is 3.94. The van der Waals surface area contributed by atoms with Gasteiger partial charge in [-0.05, 0) is 24.7 Å². The number of carbonyl (C=O) groups excluding carboxylic acids is 1. The highest BCUT2D eigenvalue weighted by Gasteiger charge is 2.54. The third kappa shape index (κ3) is 1.34. The molecule has 3 aliphatic rings. The van der Waals surface area contributed by atoms with Crippen LogP contribution in [0.1, 0.15) is 25.7 Å². The van der Waals surface area contributed by atoms with Gasteiger partial charge in [-0.15, -0.1) is 0 Å². The molecule has 78 valence electrons. The van der Waals surface area contributed by atoms with E-state index in [4.69, 9.17) is 4.74 Å². The third-order valence-corrected chi connectivity index (χ3v) is 3.94. The molecule has 1 saturated heterocycles. The van der Waals surface area contributed by atoms with Crippen molar-refractivity contribution in [1.29, 1.82) is 0 Å². The number of fused-ring (bicyclic) bond motifs is 1. The van der Waals surface area contributed by atoms with Crippen LogP contribution < -0.4 is 5.32 Å². The van der Waals surface area contributed by atoms with E-state index in [-0.39, 0.29) is 0 Å². The predicted molar refractivity (Wildman–Crippen MR) is 51.7 cm³/mol. The molecule has 14 heavy (non-hydrogen) atoms. The fraction of sp³-hybridized carbons (Fsp3) is 0.909. The fourth-order valence-electron chi connectivity index (χ4n) is 3.00. The summed E-state index contributed by atoms with van der Waals surface area (Å²) in [4.78, 5) is 11.8. The molecule has 1 heterocycles. The van der Waals surface area contributed by atoms with Gasteiger partial charge in [0.2, 0.25) is 5.91 Å². The summed E-state index contributed by atoms with van der Waals surface area (Å²) in [6, 6.07) is 0.310. The smallest absolute Gasteiger partial charge is 0.224 e. The molecule has 0 aromatic heterocycles. The van der Waals surface area contributed by atoms with Crippen LogP contribution in [0.15, 0.2) is 0 Å². The Hall–Kier alpha value is -0.570. The molecular weight excluding hydrogens is 178 g/mol. The van der Waals surface area contributed by atoms with Gasteiger partial charge < -0.3 is 10.1 Å². The average Bonchev–Trinajstić information content (AvgIpc) is 2.85. The van der Waals surface area contributed by atoms with Crippen molar-refractivity contribution in [3.63, 3.8) is 0 Å². The van der Waals surface area contributed by atoms with Crippen LogP contribution in [0.5, 0.6) is 0 Å². The van der Waals surface area contributed by atoms with E-state index in [1.165, 1.54) is 25.7 Å². The first-order chi connectivity index (χ1) is 6.86. The highest BCUT2D eigenvalue weighted by molar-refractivity contribution is 5.82. The lowest BCUT2D eigenvalue weighted by Gasteiger charge is -2.26. The quantitative estimate of drug-likeness (QED) is 0.712. The number of hydrogen-bond donors (Lipinski definition) is 1. The lowest BCUT2D eigenvalue weighted by Crippen LogP contribution is -2.49. The molecule has 0 spiro atoms. The zero-order valence-electron chi connectivity index (χ0n) is 8.37. The van der Waals surface area contributed by atoms with E-state index in [2.05, 4.69) is 5.32 Å². The molecule has 2 atom stereocenters. The van der Waals surface area contributed by atoms with Gasteiger partial charge in [0.25, 0.3) is 0 Å². The van der Waals surface area contributed by atoms with Crippen LogP contribution in [0.4, 0.5) is 0 Å². The Balaban J connectivity index is 1.53. The van der Waals surface area contributed by atoms with Crippen molar-refractivity contribution in [3.05, 3.63) is 0 Å². The van der Waals surface area contributed by atoms with Crippen LogP contribution >= 0.6 is 0 Å². The number of nitrogens with one attached hydrogen (secondary N) is 1. The van der Waals surface area contributed by atoms with E-state index in [1.807, 2.05) is 0 Å². The largest absolute Gasteiger partial charge is 0.377 e. The minimum atomic E-state index is 0.301. The molecule has 2 aliphatic carbocycles. The van der Waals surface area contributed by atoms with Crippen LogP contribution in [-0.4, -0.2) is 25.2 Å². The maximum atomic E-state index is 11.8. The summed E-state index contributed by atoms with van der Waals surface area (Å²) in [5.41, 5.74) is 0. The molecule has 2 unspecified atom stereocenters. The van der Waals surface area contributed by atoms with Gasteiger partial charge in [0, 0.05) is 5.92 Å². The summed E-state index contributed by atoms with van der Waals surface area (Å²) >= 11 is 0. The van der Waals surface area contributed by atoms with E-state index in [9.17, 15) is 4.79 Å². The second-order valence-corrected chi connectivity index (χ2v) is 4.88. The maximum absolute atomic E-state index is 11.8. The zero-order valence-corrected chi connectivity index (χ0v) is 8.37. The molecular formula is C11H17NO2. The number of ether oxygens (including phenoxy) is 1. The number of rotatable bonds is 2. The summed E-state index contributed by atoms with van der Waals surface area (Å²) in [5, 5.41) is 3.07. The average molecular weight is 195 g/mol. The Kier molecular flexibility index (Phi) is 2.01. The standard InChI is InChI=1S/C11H17NO2/c13-11(12-7-5-14-6-7)10-8-3-1-2-4-9(8)10/h7-10H,1-6H2,(H,12,13). The van der Waals surface area contributed by atoms with Crippen molar-refractivity contribution in [2.75, 3.05) is 13.2 Å². The van der Waals surface area contributed by atoms with Gasteiger partial charge in [-0.1, -0.05) is 12.8 Å². The molecule has 3 rings (SSSR count). The zero-order chi connectivity index (χ0) is 9.54. The van der Waals surface area contributed by atoms with Crippen molar-refractivity contribution >= 4 is 5.91 Å². The molecule has 0 bridgehead atoms. The summed E-state index contributed by atoms with van der Waals surface area (Å²) in [6.45, 7) is 1.43. The first-order valence-corrected chi connectivity index (χ1v) is 5.74. The van der Waals surface area contributed by atoms with E-state index in [1.54, 1.807) is 0 Å². The van der Waals surface area contributed by atoms with Gasteiger partial charge in [0.15, 0.2) is 0 Å². The Bertz CT molecular complexity index is 238. The first kappa shape index (κ1) is 8.72. The Labute approximate surface area is 84.2 Å². The van der Waals surface area contributed by atoms with E-state index in [0.29, 0.717) is 31.1 Å². The van der Waals surface area contributed by atoms with Crippen molar-refractivity contribution in [3.8, 4) is 0 Å². The van der Waals surface area contributed by atoms with Crippen LogP contribution in [0.2, 0.25) is 0 Å². The Morgan fingerprint density at radius 1 is 1.14 bits per heavy atom. The molecule has 0 aromatic carbocycles. The molecule has 1 amide bonds. The van der Waals surface area contributed by atoms with Crippen LogP contribution in [0.25, 0.3) is 0 Å². The summed E-state index contributed by atoms with van der Waals surface area (Å²) in [6.07, 6.45) is 5.23. The fourth-order valence-corrected chi connectivity index (χ4v) is 3.00. The van der Waals surface area contributed by atoms with Gasteiger partial charge in [0.1, 0.15) is 0 Å². The van der Waals surface area contributed by atoms with Crippen molar-refractivity contribution in [1.82, 2.24) is 5.32 Å². The molecule has 0 aromatic rings. The maximum Gasteiger partial charge on any atom is 0.224 e. The summed E-state index contributed by atoms with van der Waals surface area (Å²) < 4.78 is 5.04. The molecule has 3 heteroatoms. The van der Waals surface area contributed by atoms with Crippen LogP contribution in [0, 0.1) is 17.8 Å². The highest BCUT2D eigenvalue weighted by atomic mass is 16.5. The first-order valence-electron chi connectivity index (χ1n) is 5.74. The van der Waals surface area contributed by atoms with Crippen LogP contribution in [-0.2, 0) is 9.53 Å². The second-order valence-electron chi connectivity index (χ2n) is 4.88. The monoisotopic (exact) mass is 195 g/mol. The number of hydrogen-bond acceptors (Lipinski definition) is 2. The lowest BCUT2D eigenvalue weighted by atomic mass is 10.0. The van der Waals surface area contributed by atoms with Gasteiger partial charge in [0.05, 0.1) is 19.3 Å². The number of amides is 1. The van der Waals surface area contributed by atoms with E-state index >= 15 is 0 Å². The predicted octanol–water partition coefficient (Wildman–Crippen LogP) is 0.938. The van der Waals surface area contributed by atoms with Crippen molar-refractivity contribution < 1.29 is 9.53 Å². The Morgan fingerprint density at radius 2 is 1.79 bits per heavy atom. The number of carbonyl (C=O) groups is 1. The van der Waals surface area contributed by atoms with Crippen molar-refractivity contribution in [2.24, 2.45) is 17.8 Å². The molecule has 3 nitrogen and oxygen atoms in total. The van der Waals surface area contributed by atoms with E-state index < -0.39 is 0 Å². The summed E-state index contributed by atoms with van der Waals surface area (Å²) in [5.74, 6) is 2.11. The van der Waals surface area contributed by atoms with Gasteiger partial charge in [-0.2, -0.15) is 0 Å². The minimum Gasteiger partial charge on any atom is -0.377 e. The SMILES string of the molecule is O=C(NC1COC1)C1C2CCCCC21. The summed E-state index contributed by atoms with van der Waals surface area (Å²) in [7, 11) is 0. The molecule has 3 fully saturated rings. The molecule has 2 saturated carbocycles. The van der Waals surface area contributed by atoms with Crippen molar-refractivity contribution in [2.45, 2.75) is 31.7 Å². The van der Waals surface area contributed by atoms with E-state index in [0.717, 1.165) is 11.8 Å². The molecule has 0 radical (unpaired) electrons. The Morgan fingerprint density at radius 3 is 2.29 bits per heavy atom. The van der Waals surface area contributed by atoms with Gasteiger partial charge in [-0.3, -0.25) is 4.79 Å². The minimum absolute atomic E-state index is 0.301. The van der Waals surface area contributed by atoms with Crippen LogP contribution in [0.3, 0.4) is 0 Å². The molecule has 1 aliphatic heterocycles. The molecule has 1 N–H and O–H groups in total.